The number of likely N-dealkylation sites (tertiary alicyclic amines) is 1. The summed E-state index contributed by atoms with van der Waals surface area (Å²) in [6, 6.07) is 4.91. The van der Waals surface area contributed by atoms with Gasteiger partial charge in [-0.25, -0.2) is 0 Å². The van der Waals surface area contributed by atoms with Gasteiger partial charge >= 0.3 is 0 Å². The van der Waals surface area contributed by atoms with Crippen LogP contribution in [-0.2, 0) is 14.3 Å². The maximum absolute atomic E-state index is 12.4. The summed E-state index contributed by atoms with van der Waals surface area (Å²) in [6.45, 7) is 1.46. The van der Waals surface area contributed by atoms with E-state index in [1.807, 2.05) is 12.1 Å². The maximum atomic E-state index is 12.4. The van der Waals surface area contributed by atoms with Gasteiger partial charge < -0.3 is 20.7 Å². The van der Waals surface area contributed by atoms with E-state index in [-0.39, 0.29) is 30.3 Å². The number of ether oxygens (including phenoxy) is 1. The zero-order valence-corrected chi connectivity index (χ0v) is 14.4. The van der Waals surface area contributed by atoms with Crippen molar-refractivity contribution >= 4 is 29.1 Å². The first kappa shape index (κ1) is 17.2. The number of benzene rings is 1. The fourth-order valence-electron chi connectivity index (χ4n) is 3.67. The Morgan fingerprint density at radius 1 is 1.46 bits per heavy atom. The number of amides is 2. The lowest BCUT2D eigenvalue weighted by Gasteiger charge is -2.35. The first-order chi connectivity index (χ1) is 11.5. The van der Waals surface area contributed by atoms with Gasteiger partial charge in [-0.05, 0) is 36.5 Å². The molecular weight excluding hydrogens is 330 g/mol. The zero-order valence-electron chi connectivity index (χ0n) is 13.6. The average molecular weight is 352 g/mol. The average Bonchev–Trinajstić information content (AvgIpc) is 2.89. The van der Waals surface area contributed by atoms with E-state index in [0.29, 0.717) is 18.1 Å². The van der Waals surface area contributed by atoms with E-state index < -0.39 is 6.04 Å². The fraction of sp³-hybridized carbons (Fsp3) is 0.529. The molecule has 0 spiro atoms. The first-order valence-electron chi connectivity index (χ1n) is 8.15. The van der Waals surface area contributed by atoms with Gasteiger partial charge in [0, 0.05) is 30.9 Å². The first-order valence-corrected chi connectivity index (χ1v) is 8.52. The Kier molecular flexibility index (Phi) is 5.08. The molecule has 2 amide bonds. The van der Waals surface area contributed by atoms with E-state index in [4.69, 9.17) is 22.1 Å². The summed E-state index contributed by atoms with van der Waals surface area (Å²) in [4.78, 5) is 26.4. The van der Waals surface area contributed by atoms with Crippen molar-refractivity contribution in [1.29, 1.82) is 0 Å². The topological polar surface area (TPSA) is 84.7 Å². The molecule has 1 fully saturated rings. The molecule has 0 aromatic heterocycles. The van der Waals surface area contributed by atoms with Gasteiger partial charge in [0.05, 0.1) is 12.5 Å². The number of nitrogens with two attached hydrogens (primary N) is 1. The van der Waals surface area contributed by atoms with Crippen LogP contribution in [0, 0.1) is 5.92 Å². The number of piperidine rings is 1. The second-order valence-electron chi connectivity index (χ2n) is 6.42. The summed E-state index contributed by atoms with van der Waals surface area (Å²) in [6.07, 6.45) is 1.57. The molecule has 0 bridgehead atoms. The summed E-state index contributed by atoms with van der Waals surface area (Å²) >= 11 is 6.00. The van der Waals surface area contributed by atoms with Crippen LogP contribution in [0.15, 0.2) is 18.2 Å². The monoisotopic (exact) mass is 351 g/mol. The standard InChI is InChI=1S/C17H22ClN3O3/c1-24-9-13(19)17(23)21-6-4-10(5-7-21)15-12-3-2-11(18)8-14(12)20-16(15)22/h2-3,8,10,13,15H,4-7,9,19H2,1H3,(H,20,22). The van der Waals surface area contributed by atoms with Crippen LogP contribution >= 0.6 is 11.6 Å². The molecule has 0 aliphatic carbocycles. The van der Waals surface area contributed by atoms with Gasteiger partial charge in [-0.15, -0.1) is 0 Å². The quantitative estimate of drug-likeness (QED) is 0.862. The van der Waals surface area contributed by atoms with Crippen molar-refractivity contribution in [2.75, 3.05) is 32.1 Å². The highest BCUT2D eigenvalue weighted by Gasteiger charge is 2.39. The molecule has 24 heavy (non-hydrogen) atoms. The Hall–Kier alpha value is -1.63. The van der Waals surface area contributed by atoms with Crippen molar-refractivity contribution in [2.45, 2.75) is 24.8 Å². The number of hydrogen-bond acceptors (Lipinski definition) is 4. The second-order valence-corrected chi connectivity index (χ2v) is 6.86. The molecule has 2 aliphatic heterocycles. The summed E-state index contributed by atoms with van der Waals surface area (Å²) < 4.78 is 4.94. The van der Waals surface area contributed by atoms with Gasteiger partial charge in [-0.3, -0.25) is 9.59 Å². The van der Waals surface area contributed by atoms with Gasteiger partial charge in [0.1, 0.15) is 6.04 Å². The Bertz CT molecular complexity index is 644. The number of nitrogens with one attached hydrogen (secondary N) is 1. The molecule has 2 heterocycles. The lowest BCUT2D eigenvalue weighted by atomic mass is 9.80. The molecule has 1 saturated heterocycles. The predicted octanol–water partition coefficient (Wildman–Crippen LogP) is 1.59. The molecule has 2 atom stereocenters. The number of nitrogens with zero attached hydrogens (tertiary/aromatic N) is 1. The van der Waals surface area contributed by atoms with E-state index in [1.165, 1.54) is 7.11 Å². The van der Waals surface area contributed by atoms with Crippen molar-refractivity contribution in [3.63, 3.8) is 0 Å². The van der Waals surface area contributed by atoms with Crippen LogP contribution in [0.25, 0.3) is 0 Å². The molecule has 2 unspecified atom stereocenters. The second kappa shape index (κ2) is 7.09. The minimum Gasteiger partial charge on any atom is -0.383 e. The summed E-state index contributed by atoms with van der Waals surface area (Å²) in [5, 5.41) is 3.53. The number of fused-ring (bicyclic) bond motifs is 1. The third kappa shape index (κ3) is 3.27. The smallest absolute Gasteiger partial charge is 0.241 e. The number of carbonyl (C=O) groups excluding carboxylic acids is 2. The third-order valence-electron chi connectivity index (χ3n) is 4.88. The summed E-state index contributed by atoms with van der Waals surface area (Å²) in [7, 11) is 1.53. The molecule has 130 valence electrons. The van der Waals surface area contributed by atoms with Gasteiger partial charge in [-0.1, -0.05) is 17.7 Å². The SMILES string of the molecule is COCC(N)C(=O)N1CCC(C2C(=O)Nc3cc(Cl)ccc32)CC1. The van der Waals surface area contributed by atoms with Crippen molar-refractivity contribution in [3.05, 3.63) is 28.8 Å². The fourth-order valence-corrected chi connectivity index (χ4v) is 3.84. The highest BCUT2D eigenvalue weighted by Crippen LogP contribution is 2.42. The van der Waals surface area contributed by atoms with Crippen LogP contribution in [0.2, 0.25) is 5.02 Å². The van der Waals surface area contributed by atoms with Crippen molar-refractivity contribution < 1.29 is 14.3 Å². The Balaban J connectivity index is 1.65. The highest BCUT2D eigenvalue weighted by molar-refractivity contribution is 6.31. The van der Waals surface area contributed by atoms with Gasteiger partial charge in [0.2, 0.25) is 11.8 Å². The van der Waals surface area contributed by atoms with Gasteiger partial charge in [0.15, 0.2) is 0 Å². The Morgan fingerprint density at radius 2 is 2.17 bits per heavy atom. The van der Waals surface area contributed by atoms with Crippen molar-refractivity contribution in [2.24, 2.45) is 11.7 Å². The lowest BCUT2D eigenvalue weighted by molar-refractivity contribution is -0.135. The zero-order chi connectivity index (χ0) is 17.3. The molecule has 1 aromatic carbocycles. The normalized spacial score (nSPS) is 22.2. The number of hydrogen-bond donors (Lipinski definition) is 2. The van der Waals surface area contributed by atoms with Gasteiger partial charge in [-0.2, -0.15) is 0 Å². The Morgan fingerprint density at radius 3 is 2.83 bits per heavy atom. The lowest BCUT2D eigenvalue weighted by Crippen LogP contribution is -2.49. The minimum atomic E-state index is -0.621. The van der Waals surface area contributed by atoms with Crippen LogP contribution in [0.5, 0.6) is 0 Å². The van der Waals surface area contributed by atoms with Crippen LogP contribution in [-0.4, -0.2) is 49.6 Å². The van der Waals surface area contributed by atoms with E-state index in [2.05, 4.69) is 5.32 Å². The number of carbonyl (C=O) groups is 2. The van der Waals surface area contributed by atoms with Crippen LogP contribution in [0.4, 0.5) is 5.69 Å². The van der Waals surface area contributed by atoms with Crippen LogP contribution < -0.4 is 11.1 Å². The van der Waals surface area contributed by atoms with E-state index in [1.54, 1.807) is 11.0 Å². The molecule has 0 radical (unpaired) electrons. The molecule has 3 rings (SSSR count). The maximum Gasteiger partial charge on any atom is 0.241 e. The third-order valence-corrected chi connectivity index (χ3v) is 5.11. The molecule has 2 aliphatic rings. The summed E-state index contributed by atoms with van der Waals surface area (Å²) in [5.74, 6) is -0.0104. The van der Waals surface area contributed by atoms with Crippen LogP contribution in [0.3, 0.4) is 0 Å². The minimum absolute atomic E-state index is 0.0214. The number of methoxy groups -OCH3 is 1. The number of halogens is 1. The molecule has 7 heteroatoms. The number of rotatable bonds is 4. The van der Waals surface area contributed by atoms with Crippen molar-refractivity contribution in [3.8, 4) is 0 Å². The highest BCUT2D eigenvalue weighted by atomic mass is 35.5. The predicted molar refractivity (Wildman–Crippen MR) is 92.0 cm³/mol. The Labute approximate surface area is 146 Å². The van der Waals surface area contributed by atoms with Gasteiger partial charge in [0.25, 0.3) is 0 Å². The molecule has 6 nitrogen and oxygen atoms in total. The molecule has 1 aromatic rings. The molecular formula is C17H22ClN3O3. The largest absolute Gasteiger partial charge is 0.383 e. The van der Waals surface area contributed by atoms with E-state index in [9.17, 15) is 9.59 Å². The van der Waals surface area contributed by atoms with E-state index >= 15 is 0 Å². The van der Waals surface area contributed by atoms with E-state index in [0.717, 1.165) is 24.1 Å². The summed E-state index contributed by atoms with van der Waals surface area (Å²) in [5.41, 5.74) is 7.63. The van der Waals surface area contributed by atoms with Crippen LogP contribution in [0.1, 0.15) is 24.3 Å². The number of anilines is 1. The van der Waals surface area contributed by atoms with Crippen molar-refractivity contribution in [1.82, 2.24) is 4.90 Å². The molecule has 3 N–H and O–H groups in total. The molecule has 0 saturated carbocycles.